The van der Waals surface area contributed by atoms with Crippen LogP contribution in [-0.4, -0.2) is 35.1 Å². The van der Waals surface area contributed by atoms with Gasteiger partial charge < -0.3 is 11.1 Å². The predicted octanol–water partition coefficient (Wildman–Crippen LogP) is 2.50. The first-order valence-electron chi connectivity index (χ1n) is 6.63. The second-order valence-electron chi connectivity index (χ2n) is 5.28. The summed E-state index contributed by atoms with van der Waals surface area (Å²) in [7, 11) is 0. The molecule has 0 radical (unpaired) electrons. The SMILES string of the molecule is Cc1cc(NCCN(C(C)C)C(C)C)ncc1N. The largest absolute Gasteiger partial charge is 0.397 e. The van der Waals surface area contributed by atoms with Crippen molar-refractivity contribution in [1.82, 2.24) is 9.88 Å². The second kappa shape index (κ2) is 6.59. The van der Waals surface area contributed by atoms with Crippen molar-refractivity contribution in [2.75, 3.05) is 24.1 Å². The number of anilines is 2. The highest BCUT2D eigenvalue weighted by Crippen LogP contribution is 2.13. The summed E-state index contributed by atoms with van der Waals surface area (Å²) in [6.07, 6.45) is 1.71. The molecule has 1 aromatic rings. The minimum absolute atomic E-state index is 0.563. The van der Waals surface area contributed by atoms with Crippen molar-refractivity contribution >= 4 is 11.5 Å². The Kier molecular flexibility index (Phi) is 5.41. The Morgan fingerprint density at radius 3 is 2.39 bits per heavy atom. The first-order chi connectivity index (χ1) is 8.41. The van der Waals surface area contributed by atoms with Gasteiger partial charge in [0.1, 0.15) is 5.82 Å². The lowest BCUT2D eigenvalue weighted by Gasteiger charge is -2.30. The van der Waals surface area contributed by atoms with Crippen molar-refractivity contribution in [3.05, 3.63) is 17.8 Å². The van der Waals surface area contributed by atoms with E-state index in [1.165, 1.54) is 0 Å². The summed E-state index contributed by atoms with van der Waals surface area (Å²) in [5.74, 6) is 0.897. The third-order valence-corrected chi connectivity index (χ3v) is 3.15. The molecule has 3 N–H and O–H groups in total. The number of nitrogens with zero attached hydrogens (tertiary/aromatic N) is 2. The Hall–Kier alpha value is -1.29. The molecule has 0 atom stereocenters. The van der Waals surface area contributed by atoms with Crippen molar-refractivity contribution in [2.24, 2.45) is 0 Å². The highest BCUT2D eigenvalue weighted by molar-refractivity contribution is 5.50. The Balaban J connectivity index is 2.47. The average Bonchev–Trinajstić information content (AvgIpc) is 2.28. The van der Waals surface area contributed by atoms with E-state index < -0.39 is 0 Å². The van der Waals surface area contributed by atoms with E-state index >= 15 is 0 Å². The molecule has 0 spiro atoms. The van der Waals surface area contributed by atoms with E-state index in [-0.39, 0.29) is 0 Å². The van der Waals surface area contributed by atoms with Gasteiger partial charge in [-0.15, -0.1) is 0 Å². The first-order valence-corrected chi connectivity index (χ1v) is 6.63. The number of hydrogen-bond acceptors (Lipinski definition) is 4. The highest BCUT2D eigenvalue weighted by atomic mass is 15.2. The zero-order valence-corrected chi connectivity index (χ0v) is 12.2. The molecule has 0 aliphatic carbocycles. The summed E-state index contributed by atoms with van der Waals surface area (Å²) in [4.78, 5) is 6.73. The van der Waals surface area contributed by atoms with E-state index in [1.807, 2.05) is 13.0 Å². The van der Waals surface area contributed by atoms with Crippen LogP contribution in [0.15, 0.2) is 12.3 Å². The zero-order valence-electron chi connectivity index (χ0n) is 12.2. The van der Waals surface area contributed by atoms with Gasteiger partial charge in [0.05, 0.1) is 11.9 Å². The smallest absolute Gasteiger partial charge is 0.126 e. The Morgan fingerprint density at radius 1 is 1.28 bits per heavy atom. The lowest BCUT2D eigenvalue weighted by molar-refractivity contribution is 0.182. The van der Waals surface area contributed by atoms with Crippen LogP contribution in [0.3, 0.4) is 0 Å². The number of pyridine rings is 1. The standard InChI is InChI=1S/C14H26N4/c1-10(2)18(11(3)4)7-6-16-14-8-12(5)13(15)9-17-14/h8-11H,6-7,15H2,1-5H3,(H,16,17). The lowest BCUT2D eigenvalue weighted by Crippen LogP contribution is -2.40. The van der Waals surface area contributed by atoms with Crippen LogP contribution in [0.4, 0.5) is 11.5 Å². The summed E-state index contributed by atoms with van der Waals surface area (Å²) in [6, 6.07) is 3.12. The molecule has 4 heteroatoms. The minimum Gasteiger partial charge on any atom is -0.397 e. The van der Waals surface area contributed by atoms with E-state index in [1.54, 1.807) is 6.20 Å². The molecule has 18 heavy (non-hydrogen) atoms. The van der Waals surface area contributed by atoms with Gasteiger partial charge in [0.2, 0.25) is 0 Å². The second-order valence-corrected chi connectivity index (χ2v) is 5.28. The van der Waals surface area contributed by atoms with E-state index in [0.29, 0.717) is 12.1 Å². The first kappa shape index (κ1) is 14.8. The monoisotopic (exact) mass is 250 g/mol. The number of nitrogens with one attached hydrogen (secondary N) is 1. The number of nitrogens with two attached hydrogens (primary N) is 1. The molecule has 0 saturated heterocycles. The molecule has 102 valence electrons. The third-order valence-electron chi connectivity index (χ3n) is 3.15. The Morgan fingerprint density at radius 2 is 1.89 bits per heavy atom. The molecule has 1 aromatic heterocycles. The van der Waals surface area contributed by atoms with Crippen molar-refractivity contribution in [3.8, 4) is 0 Å². The molecule has 0 aliphatic rings. The molecule has 0 aromatic carbocycles. The normalized spacial score (nSPS) is 11.6. The molecular formula is C14H26N4. The molecule has 0 unspecified atom stereocenters. The van der Waals surface area contributed by atoms with Gasteiger partial charge in [-0.3, -0.25) is 4.90 Å². The van der Waals surface area contributed by atoms with E-state index in [9.17, 15) is 0 Å². The number of hydrogen-bond donors (Lipinski definition) is 2. The fourth-order valence-corrected chi connectivity index (χ4v) is 2.09. The summed E-state index contributed by atoms with van der Waals surface area (Å²) in [6.45, 7) is 12.8. The minimum atomic E-state index is 0.563. The summed E-state index contributed by atoms with van der Waals surface area (Å²) < 4.78 is 0. The quantitative estimate of drug-likeness (QED) is 0.814. The van der Waals surface area contributed by atoms with Crippen LogP contribution in [0.2, 0.25) is 0 Å². The fraction of sp³-hybridized carbons (Fsp3) is 0.643. The van der Waals surface area contributed by atoms with E-state index in [0.717, 1.165) is 30.2 Å². The summed E-state index contributed by atoms with van der Waals surface area (Å²) in [5, 5.41) is 3.34. The molecule has 1 heterocycles. The maximum absolute atomic E-state index is 5.75. The molecule has 0 bridgehead atoms. The summed E-state index contributed by atoms with van der Waals surface area (Å²) in [5.41, 5.74) is 7.56. The number of aromatic nitrogens is 1. The van der Waals surface area contributed by atoms with Gasteiger partial charge >= 0.3 is 0 Å². The Bertz CT molecular complexity index is 366. The molecule has 4 nitrogen and oxygen atoms in total. The van der Waals surface area contributed by atoms with Gasteiger partial charge in [-0.2, -0.15) is 0 Å². The lowest BCUT2D eigenvalue weighted by atomic mass is 10.2. The van der Waals surface area contributed by atoms with Crippen molar-refractivity contribution in [2.45, 2.75) is 46.7 Å². The maximum atomic E-state index is 5.75. The van der Waals surface area contributed by atoms with E-state index in [2.05, 4.69) is 42.9 Å². The summed E-state index contributed by atoms with van der Waals surface area (Å²) >= 11 is 0. The van der Waals surface area contributed by atoms with Crippen LogP contribution < -0.4 is 11.1 Å². The molecule has 1 rings (SSSR count). The molecule has 0 amide bonds. The number of rotatable bonds is 6. The molecule has 0 fully saturated rings. The van der Waals surface area contributed by atoms with Crippen molar-refractivity contribution < 1.29 is 0 Å². The van der Waals surface area contributed by atoms with Crippen molar-refractivity contribution in [3.63, 3.8) is 0 Å². The topological polar surface area (TPSA) is 54.2 Å². The van der Waals surface area contributed by atoms with Crippen LogP contribution in [0.5, 0.6) is 0 Å². The van der Waals surface area contributed by atoms with Crippen LogP contribution >= 0.6 is 0 Å². The number of nitrogen functional groups attached to an aromatic ring is 1. The molecular weight excluding hydrogens is 224 g/mol. The van der Waals surface area contributed by atoms with Crippen LogP contribution in [0, 0.1) is 6.92 Å². The van der Waals surface area contributed by atoms with Gasteiger partial charge in [0.15, 0.2) is 0 Å². The van der Waals surface area contributed by atoms with E-state index in [4.69, 9.17) is 5.73 Å². The number of aryl methyl sites for hydroxylation is 1. The maximum Gasteiger partial charge on any atom is 0.126 e. The fourth-order valence-electron chi connectivity index (χ4n) is 2.09. The van der Waals surface area contributed by atoms with Gasteiger partial charge in [0, 0.05) is 25.2 Å². The average molecular weight is 250 g/mol. The Labute approximate surface area is 111 Å². The van der Waals surface area contributed by atoms with Crippen molar-refractivity contribution in [1.29, 1.82) is 0 Å². The van der Waals surface area contributed by atoms with Crippen LogP contribution in [-0.2, 0) is 0 Å². The van der Waals surface area contributed by atoms with Gasteiger partial charge in [-0.25, -0.2) is 4.98 Å². The highest BCUT2D eigenvalue weighted by Gasteiger charge is 2.12. The zero-order chi connectivity index (χ0) is 13.7. The van der Waals surface area contributed by atoms with Gasteiger partial charge in [0.25, 0.3) is 0 Å². The van der Waals surface area contributed by atoms with Gasteiger partial charge in [-0.1, -0.05) is 0 Å². The van der Waals surface area contributed by atoms with Gasteiger partial charge in [-0.05, 0) is 46.2 Å². The molecule has 0 aliphatic heterocycles. The van der Waals surface area contributed by atoms with Crippen LogP contribution in [0.25, 0.3) is 0 Å². The van der Waals surface area contributed by atoms with Crippen LogP contribution in [0.1, 0.15) is 33.3 Å². The predicted molar refractivity (Wildman–Crippen MR) is 78.9 cm³/mol. The third kappa shape index (κ3) is 4.18. The molecule has 0 saturated carbocycles.